The lowest BCUT2D eigenvalue weighted by molar-refractivity contribution is 0.00874. The number of ether oxygens (including phenoxy) is 1. The monoisotopic (exact) mass is 290 g/mol. The summed E-state index contributed by atoms with van der Waals surface area (Å²) >= 11 is 0. The number of hydrogen-bond acceptors (Lipinski definition) is 2. The third-order valence-electron chi connectivity index (χ3n) is 3.94. The lowest BCUT2D eigenvalue weighted by Crippen LogP contribution is -2.20. The maximum absolute atomic E-state index is 13.6. The average Bonchev–Trinajstić information content (AvgIpc) is 2.49. The molecule has 0 amide bonds. The van der Waals surface area contributed by atoms with Gasteiger partial charge < -0.3 is 9.84 Å². The second-order valence-electron chi connectivity index (χ2n) is 5.78. The first-order valence-electron chi connectivity index (χ1n) is 7.69. The first-order chi connectivity index (χ1) is 10.2. The van der Waals surface area contributed by atoms with Crippen LogP contribution in [0.15, 0.2) is 18.2 Å². The van der Waals surface area contributed by atoms with Gasteiger partial charge in [-0.25, -0.2) is 4.39 Å². The summed E-state index contributed by atoms with van der Waals surface area (Å²) < 4.78 is 19.6. The predicted octanol–water partition coefficient (Wildman–Crippen LogP) is 3.65. The van der Waals surface area contributed by atoms with E-state index in [1.807, 2.05) is 0 Å². The molecule has 0 aliphatic heterocycles. The van der Waals surface area contributed by atoms with E-state index in [0.717, 1.165) is 24.3 Å². The van der Waals surface area contributed by atoms with Crippen LogP contribution in [-0.4, -0.2) is 17.8 Å². The highest BCUT2D eigenvalue weighted by atomic mass is 19.1. The van der Waals surface area contributed by atoms with Crippen LogP contribution in [0.25, 0.3) is 0 Å². The minimum atomic E-state index is -0.323. The van der Waals surface area contributed by atoms with Gasteiger partial charge in [0.2, 0.25) is 0 Å². The van der Waals surface area contributed by atoms with Crippen LogP contribution in [0.3, 0.4) is 0 Å². The molecule has 2 rings (SSSR count). The molecule has 1 aliphatic carbocycles. The number of halogens is 1. The first kappa shape index (κ1) is 16.0. The Kier molecular flexibility index (Phi) is 6.22. The van der Waals surface area contributed by atoms with Gasteiger partial charge in [-0.05, 0) is 49.3 Å². The summed E-state index contributed by atoms with van der Waals surface area (Å²) in [4.78, 5) is 0. The molecular formula is C18H23FO2. The Morgan fingerprint density at radius 2 is 2.05 bits per heavy atom. The maximum atomic E-state index is 13.6. The number of benzene rings is 1. The minimum absolute atomic E-state index is 0.00246. The second-order valence-corrected chi connectivity index (χ2v) is 5.78. The molecule has 114 valence electrons. The predicted molar refractivity (Wildman–Crippen MR) is 81.2 cm³/mol. The van der Waals surface area contributed by atoms with Crippen LogP contribution in [0.1, 0.15) is 50.2 Å². The quantitative estimate of drug-likeness (QED) is 0.858. The van der Waals surface area contributed by atoms with Crippen LogP contribution in [-0.2, 0) is 11.3 Å². The molecule has 0 heterocycles. The number of rotatable bonds is 4. The summed E-state index contributed by atoms with van der Waals surface area (Å²) in [5.74, 6) is 5.99. The normalized spacial score (nSPS) is 21.7. The van der Waals surface area contributed by atoms with E-state index in [9.17, 15) is 4.39 Å². The zero-order valence-electron chi connectivity index (χ0n) is 12.6. The SMILES string of the molecule is CC1CCC(OCc2ccc(F)c(C#CCCO)c2)CC1. The van der Waals surface area contributed by atoms with Crippen LogP contribution < -0.4 is 0 Å². The van der Waals surface area contributed by atoms with Crippen LogP contribution in [0.5, 0.6) is 0 Å². The summed E-state index contributed by atoms with van der Waals surface area (Å²) in [6.45, 7) is 2.79. The summed E-state index contributed by atoms with van der Waals surface area (Å²) in [5.41, 5.74) is 1.32. The van der Waals surface area contributed by atoms with Gasteiger partial charge in [0.15, 0.2) is 0 Å². The van der Waals surface area contributed by atoms with E-state index in [1.165, 1.54) is 18.9 Å². The van der Waals surface area contributed by atoms with Gasteiger partial charge in [0, 0.05) is 6.42 Å². The molecule has 1 saturated carbocycles. The van der Waals surface area contributed by atoms with Gasteiger partial charge in [-0.2, -0.15) is 0 Å². The van der Waals surface area contributed by atoms with E-state index in [1.54, 1.807) is 12.1 Å². The van der Waals surface area contributed by atoms with E-state index in [-0.39, 0.29) is 12.4 Å². The molecular weight excluding hydrogens is 267 g/mol. The largest absolute Gasteiger partial charge is 0.395 e. The summed E-state index contributed by atoms with van der Waals surface area (Å²) in [7, 11) is 0. The Morgan fingerprint density at radius 3 is 2.76 bits per heavy atom. The van der Waals surface area contributed by atoms with E-state index >= 15 is 0 Å². The fourth-order valence-corrected chi connectivity index (χ4v) is 2.58. The second kappa shape index (κ2) is 8.17. The van der Waals surface area contributed by atoms with Crippen molar-refractivity contribution in [1.82, 2.24) is 0 Å². The third kappa shape index (κ3) is 5.15. The molecule has 1 fully saturated rings. The van der Waals surface area contributed by atoms with Crippen LogP contribution in [0.2, 0.25) is 0 Å². The van der Waals surface area contributed by atoms with Crippen molar-refractivity contribution in [1.29, 1.82) is 0 Å². The molecule has 21 heavy (non-hydrogen) atoms. The van der Waals surface area contributed by atoms with Crippen molar-refractivity contribution in [2.75, 3.05) is 6.61 Å². The van der Waals surface area contributed by atoms with Gasteiger partial charge in [-0.1, -0.05) is 24.8 Å². The molecule has 1 aromatic rings. The van der Waals surface area contributed by atoms with E-state index in [2.05, 4.69) is 18.8 Å². The zero-order chi connectivity index (χ0) is 15.1. The lowest BCUT2D eigenvalue weighted by atomic mass is 9.89. The molecule has 0 aromatic heterocycles. The molecule has 1 aromatic carbocycles. The Labute approximate surface area is 126 Å². The van der Waals surface area contributed by atoms with E-state index in [0.29, 0.717) is 24.7 Å². The van der Waals surface area contributed by atoms with Crippen molar-refractivity contribution in [2.45, 2.75) is 51.7 Å². The highest BCUT2D eigenvalue weighted by Gasteiger charge is 2.18. The van der Waals surface area contributed by atoms with Gasteiger partial charge in [0.1, 0.15) is 5.82 Å². The third-order valence-corrected chi connectivity index (χ3v) is 3.94. The smallest absolute Gasteiger partial charge is 0.138 e. The summed E-state index contributed by atoms with van der Waals surface area (Å²) in [6.07, 6.45) is 5.38. The Bertz CT molecular complexity index is 508. The minimum Gasteiger partial charge on any atom is -0.395 e. The molecule has 1 aliphatic rings. The Balaban J connectivity index is 1.91. The van der Waals surface area contributed by atoms with Gasteiger partial charge in [0.25, 0.3) is 0 Å². The van der Waals surface area contributed by atoms with Gasteiger partial charge >= 0.3 is 0 Å². The fraction of sp³-hybridized carbons (Fsp3) is 0.556. The zero-order valence-corrected chi connectivity index (χ0v) is 12.6. The molecule has 0 bridgehead atoms. The highest BCUT2D eigenvalue weighted by molar-refractivity contribution is 5.38. The molecule has 0 radical (unpaired) electrons. The van der Waals surface area contributed by atoms with Crippen molar-refractivity contribution in [3.63, 3.8) is 0 Å². The molecule has 0 unspecified atom stereocenters. The number of hydrogen-bond donors (Lipinski definition) is 1. The molecule has 0 saturated heterocycles. The molecule has 1 N–H and O–H groups in total. The van der Waals surface area contributed by atoms with Crippen molar-refractivity contribution in [3.05, 3.63) is 35.1 Å². The first-order valence-corrected chi connectivity index (χ1v) is 7.69. The van der Waals surface area contributed by atoms with Crippen LogP contribution >= 0.6 is 0 Å². The van der Waals surface area contributed by atoms with Crippen LogP contribution in [0.4, 0.5) is 4.39 Å². The lowest BCUT2D eigenvalue weighted by Gasteiger charge is -2.26. The average molecular weight is 290 g/mol. The van der Waals surface area contributed by atoms with Gasteiger partial charge in [0.05, 0.1) is 24.9 Å². The standard InChI is InChI=1S/C18H23FO2/c1-14-5-8-17(9-6-14)21-13-15-7-10-18(19)16(12-15)4-2-3-11-20/h7,10,12,14,17,20H,3,5-6,8-9,11,13H2,1H3. The summed E-state index contributed by atoms with van der Waals surface area (Å²) in [6, 6.07) is 4.92. The van der Waals surface area contributed by atoms with Gasteiger partial charge in [-0.3, -0.25) is 0 Å². The van der Waals surface area contributed by atoms with Crippen molar-refractivity contribution < 1.29 is 14.2 Å². The molecule has 0 spiro atoms. The van der Waals surface area contributed by atoms with Crippen molar-refractivity contribution >= 4 is 0 Å². The topological polar surface area (TPSA) is 29.5 Å². The Hall–Kier alpha value is -1.37. The fourth-order valence-electron chi connectivity index (χ4n) is 2.58. The summed E-state index contributed by atoms with van der Waals surface area (Å²) in [5, 5.41) is 8.70. The molecule has 3 heteroatoms. The van der Waals surface area contributed by atoms with Crippen LogP contribution in [0, 0.1) is 23.6 Å². The number of aliphatic hydroxyl groups is 1. The van der Waals surface area contributed by atoms with E-state index < -0.39 is 0 Å². The maximum Gasteiger partial charge on any atom is 0.138 e. The number of aliphatic hydroxyl groups excluding tert-OH is 1. The van der Waals surface area contributed by atoms with Crippen molar-refractivity contribution in [2.24, 2.45) is 5.92 Å². The van der Waals surface area contributed by atoms with Crippen molar-refractivity contribution in [3.8, 4) is 11.8 Å². The molecule has 2 nitrogen and oxygen atoms in total. The highest BCUT2D eigenvalue weighted by Crippen LogP contribution is 2.26. The van der Waals surface area contributed by atoms with Gasteiger partial charge in [-0.15, -0.1) is 0 Å². The van der Waals surface area contributed by atoms with E-state index in [4.69, 9.17) is 9.84 Å². The Morgan fingerprint density at radius 1 is 1.29 bits per heavy atom. The molecule has 0 atom stereocenters.